The summed E-state index contributed by atoms with van der Waals surface area (Å²) >= 11 is 0. The van der Waals surface area contributed by atoms with Gasteiger partial charge in [-0.3, -0.25) is 0 Å². The van der Waals surface area contributed by atoms with Crippen LogP contribution in [0.5, 0.6) is 0 Å². The molecule has 4 nitrogen and oxygen atoms in total. The Kier molecular flexibility index (Phi) is 2.92. The Labute approximate surface area is 98.1 Å². The number of para-hydroxylation sites is 1. The van der Waals surface area contributed by atoms with Gasteiger partial charge in [-0.1, -0.05) is 12.1 Å². The third-order valence-electron chi connectivity index (χ3n) is 2.36. The third kappa shape index (κ3) is 2.65. The van der Waals surface area contributed by atoms with Gasteiger partial charge in [0.15, 0.2) is 11.4 Å². The van der Waals surface area contributed by atoms with Crippen molar-refractivity contribution in [1.29, 1.82) is 0 Å². The number of hydrogen-bond acceptors (Lipinski definition) is 4. The number of fused-ring (bicyclic) bond motifs is 1. The number of sulfone groups is 1. The van der Waals surface area contributed by atoms with Gasteiger partial charge in [0.05, 0.1) is 11.8 Å². The van der Waals surface area contributed by atoms with Crippen LogP contribution in [0.4, 0.5) is 4.39 Å². The predicted octanol–water partition coefficient (Wildman–Crippen LogP) is 1.62. The molecule has 1 aromatic heterocycles. The molecule has 0 saturated carbocycles. The lowest BCUT2D eigenvalue weighted by Crippen LogP contribution is -2.20. The molecule has 1 heterocycles. The van der Waals surface area contributed by atoms with E-state index in [4.69, 9.17) is 10.2 Å². The summed E-state index contributed by atoms with van der Waals surface area (Å²) in [5, 5.41) is 0.573. The van der Waals surface area contributed by atoms with Crippen molar-refractivity contribution >= 4 is 20.8 Å². The summed E-state index contributed by atoms with van der Waals surface area (Å²) in [6.07, 6.45) is 1.09. The average molecular weight is 257 g/mol. The highest BCUT2D eigenvalue weighted by atomic mass is 32.2. The normalized spacial score (nSPS) is 14.1. The molecule has 1 unspecified atom stereocenters. The molecular weight excluding hydrogens is 245 g/mol. The molecule has 17 heavy (non-hydrogen) atoms. The number of benzene rings is 1. The van der Waals surface area contributed by atoms with Crippen LogP contribution in [0, 0.1) is 5.82 Å². The van der Waals surface area contributed by atoms with Gasteiger partial charge in [0.1, 0.15) is 15.6 Å². The van der Waals surface area contributed by atoms with E-state index >= 15 is 0 Å². The Morgan fingerprint density at radius 1 is 1.47 bits per heavy atom. The minimum absolute atomic E-state index is 0.103. The quantitative estimate of drug-likeness (QED) is 0.906. The molecule has 0 aliphatic heterocycles. The van der Waals surface area contributed by atoms with Gasteiger partial charge in [0.25, 0.3) is 0 Å². The van der Waals surface area contributed by atoms with Gasteiger partial charge in [0.2, 0.25) is 0 Å². The number of nitrogens with two attached hydrogens (primary N) is 1. The summed E-state index contributed by atoms with van der Waals surface area (Å²) in [6.45, 7) is 0. The molecule has 0 aliphatic rings. The van der Waals surface area contributed by atoms with Crippen LogP contribution < -0.4 is 5.73 Å². The smallest absolute Gasteiger partial charge is 0.169 e. The van der Waals surface area contributed by atoms with Gasteiger partial charge >= 0.3 is 0 Å². The molecule has 1 atom stereocenters. The van der Waals surface area contributed by atoms with E-state index in [-0.39, 0.29) is 17.1 Å². The second-order valence-electron chi connectivity index (χ2n) is 4.01. The molecule has 0 fully saturated rings. The monoisotopic (exact) mass is 257 g/mol. The van der Waals surface area contributed by atoms with E-state index in [0.29, 0.717) is 5.39 Å². The van der Waals surface area contributed by atoms with E-state index in [9.17, 15) is 12.8 Å². The maximum Gasteiger partial charge on any atom is 0.169 e. The molecule has 0 amide bonds. The number of rotatable bonds is 3. The van der Waals surface area contributed by atoms with Crippen molar-refractivity contribution in [2.45, 2.75) is 6.04 Å². The zero-order valence-electron chi connectivity index (χ0n) is 9.18. The summed E-state index contributed by atoms with van der Waals surface area (Å²) in [5.74, 6) is -0.440. The highest BCUT2D eigenvalue weighted by molar-refractivity contribution is 7.90. The zero-order valence-corrected chi connectivity index (χ0v) is 10.00. The van der Waals surface area contributed by atoms with E-state index in [1.165, 1.54) is 6.07 Å². The van der Waals surface area contributed by atoms with Crippen LogP contribution in [0.15, 0.2) is 28.7 Å². The Morgan fingerprint density at radius 2 is 2.18 bits per heavy atom. The first-order valence-corrected chi connectivity index (χ1v) is 7.04. The maximum atomic E-state index is 13.3. The van der Waals surface area contributed by atoms with E-state index in [0.717, 1.165) is 6.26 Å². The van der Waals surface area contributed by atoms with Crippen molar-refractivity contribution in [2.24, 2.45) is 5.73 Å². The summed E-state index contributed by atoms with van der Waals surface area (Å²) in [5.41, 5.74) is 5.80. The number of furan rings is 1. The molecule has 2 aromatic rings. The lowest BCUT2D eigenvalue weighted by molar-refractivity contribution is 0.490. The molecule has 1 aromatic carbocycles. The van der Waals surface area contributed by atoms with Gasteiger partial charge in [0, 0.05) is 11.6 Å². The molecule has 6 heteroatoms. The van der Waals surface area contributed by atoms with Gasteiger partial charge in [-0.2, -0.15) is 0 Å². The van der Waals surface area contributed by atoms with Crippen LogP contribution in [0.25, 0.3) is 11.0 Å². The van der Waals surface area contributed by atoms with E-state index in [1.807, 2.05) is 0 Å². The van der Waals surface area contributed by atoms with Crippen molar-refractivity contribution in [2.75, 3.05) is 12.0 Å². The summed E-state index contributed by atoms with van der Waals surface area (Å²) < 4.78 is 40.8. The fourth-order valence-electron chi connectivity index (χ4n) is 1.64. The Balaban J connectivity index is 2.40. The lowest BCUT2D eigenvalue weighted by Gasteiger charge is -2.05. The molecule has 0 saturated heterocycles. The summed E-state index contributed by atoms with van der Waals surface area (Å²) in [6, 6.07) is 5.29. The van der Waals surface area contributed by atoms with Crippen LogP contribution in [-0.2, 0) is 9.84 Å². The first-order valence-electron chi connectivity index (χ1n) is 4.98. The van der Waals surface area contributed by atoms with Gasteiger partial charge in [-0.05, 0) is 12.1 Å². The van der Waals surface area contributed by atoms with E-state index < -0.39 is 21.7 Å². The second-order valence-corrected chi connectivity index (χ2v) is 6.19. The maximum absolute atomic E-state index is 13.3. The Hall–Kier alpha value is -1.40. The molecule has 2 rings (SSSR count). The van der Waals surface area contributed by atoms with Crippen molar-refractivity contribution in [1.82, 2.24) is 0 Å². The molecule has 0 bridgehead atoms. The largest absolute Gasteiger partial charge is 0.456 e. The summed E-state index contributed by atoms with van der Waals surface area (Å²) in [4.78, 5) is 0. The fraction of sp³-hybridized carbons (Fsp3) is 0.273. The summed E-state index contributed by atoms with van der Waals surface area (Å²) in [7, 11) is -3.20. The highest BCUT2D eigenvalue weighted by Crippen LogP contribution is 2.25. The van der Waals surface area contributed by atoms with Crippen molar-refractivity contribution in [3.8, 4) is 0 Å². The van der Waals surface area contributed by atoms with Crippen molar-refractivity contribution in [3.63, 3.8) is 0 Å². The minimum atomic E-state index is -3.20. The zero-order chi connectivity index (χ0) is 12.6. The molecule has 0 radical (unpaired) electrons. The number of hydrogen-bond donors (Lipinski definition) is 1. The molecule has 0 spiro atoms. The fourth-order valence-corrected chi connectivity index (χ4v) is 2.46. The van der Waals surface area contributed by atoms with Crippen molar-refractivity contribution < 1.29 is 17.2 Å². The average Bonchev–Trinajstić information content (AvgIpc) is 2.60. The Morgan fingerprint density at radius 3 is 2.76 bits per heavy atom. The first kappa shape index (κ1) is 12.1. The standard InChI is InChI=1S/C11H12FNO3S/c1-17(14,15)6-9(13)10-5-7-3-2-4-8(12)11(7)16-10/h2-5,9H,6,13H2,1H3. The van der Waals surface area contributed by atoms with Crippen molar-refractivity contribution in [3.05, 3.63) is 35.8 Å². The second kappa shape index (κ2) is 4.12. The lowest BCUT2D eigenvalue weighted by atomic mass is 10.2. The van der Waals surface area contributed by atoms with Crippen LogP contribution in [0.3, 0.4) is 0 Å². The third-order valence-corrected chi connectivity index (χ3v) is 3.33. The van der Waals surface area contributed by atoms with E-state index in [1.54, 1.807) is 18.2 Å². The number of halogens is 1. The first-order chi connectivity index (χ1) is 7.87. The molecular formula is C11H12FNO3S. The predicted molar refractivity (Wildman–Crippen MR) is 62.8 cm³/mol. The van der Waals surface area contributed by atoms with Crippen LogP contribution in [-0.4, -0.2) is 20.4 Å². The van der Waals surface area contributed by atoms with Gasteiger partial charge in [-0.15, -0.1) is 0 Å². The van der Waals surface area contributed by atoms with Gasteiger partial charge < -0.3 is 10.2 Å². The van der Waals surface area contributed by atoms with E-state index in [2.05, 4.69) is 0 Å². The van der Waals surface area contributed by atoms with Gasteiger partial charge in [-0.25, -0.2) is 12.8 Å². The minimum Gasteiger partial charge on any atom is -0.456 e. The van der Waals surface area contributed by atoms with Crippen LogP contribution >= 0.6 is 0 Å². The van der Waals surface area contributed by atoms with Crippen LogP contribution in [0.2, 0.25) is 0 Å². The Bertz CT molecular complexity index is 648. The molecule has 0 aliphatic carbocycles. The SMILES string of the molecule is CS(=O)(=O)CC(N)c1cc2cccc(F)c2o1. The molecule has 92 valence electrons. The van der Waals surface area contributed by atoms with Crippen LogP contribution in [0.1, 0.15) is 11.8 Å². The highest BCUT2D eigenvalue weighted by Gasteiger charge is 2.18. The molecule has 2 N–H and O–H groups in total. The topological polar surface area (TPSA) is 73.3 Å².